The quantitative estimate of drug-likeness (QED) is 0.917. The molecule has 1 aliphatic rings. The maximum atomic E-state index is 12.4. The molecule has 0 aliphatic carbocycles. The fourth-order valence-electron chi connectivity index (χ4n) is 2.87. The molecule has 2 aromatic carbocycles. The van der Waals surface area contributed by atoms with E-state index in [1.807, 2.05) is 26.0 Å². The van der Waals surface area contributed by atoms with Gasteiger partial charge in [0.1, 0.15) is 11.9 Å². The second kappa shape index (κ2) is 5.30. The largest absolute Gasteiger partial charge is 0.484 e. The minimum absolute atomic E-state index is 0.0612. The maximum Gasteiger partial charge on any atom is 0.335 e. The Balaban J connectivity index is 1.95. The second-order valence-corrected chi connectivity index (χ2v) is 5.62. The highest BCUT2D eigenvalue weighted by Crippen LogP contribution is 2.37. The van der Waals surface area contributed by atoms with E-state index in [-0.39, 0.29) is 23.9 Å². The van der Waals surface area contributed by atoms with Gasteiger partial charge >= 0.3 is 5.97 Å². The SMILES string of the molecule is Cc1cc(C)c2c(c1)OC(c1ccc(C(=O)O)cc1)CC2=O. The molecular formula is C18H16O4. The number of carbonyl (C=O) groups excluding carboxylic acids is 1. The summed E-state index contributed by atoms with van der Waals surface area (Å²) in [6.07, 6.45) is -0.104. The Morgan fingerprint density at radius 3 is 2.50 bits per heavy atom. The number of aryl methyl sites for hydroxylation is 2. The van der Waals surface area contributed by atoms with Gasteiger partial charge in [0.05, 0.1) is 17.5 Å². The van der Waals surface area contributed by atoms with E-state index < -0.39 is 5.97 Å². The Kier molecular flexibility index (Phi) is 3.45. The number of carboxylic acids is 1. The second-order valence-electron chi connectivity index (χ2n) is 5.62. The summed E-state index contributed by atoms with van der Waals surface area (Å²) in [5.41, 5.74) is 3.66. The van der Waals surface area contributed by atoms with Gasteiger partial charge < -0.3 is 9.84 Å². The van der Waals surface area contributed by atoms with E-state index in [9.17, 15) is 9.59 Å². The van der Waals surface area contributed by atoms with Crippen molar-refractivity contribution in [2.24, 2.45) is 0 Å². The predicted octanol–water partition coefficient (Wildman–Crippen LogP) is 3.71. The van der Waals surface area contributed by atoms with Crippen LogP contribution >= 0.6 is 0 Å². The van der Waals surface area contributed by atoms with Gasteiger partial charge in [0.2, 0.25) is 0 Å². The van der Waals surface area contributed by atoms with Crippen molar-refractivity contribution in [3.05, 3.63) is 64.2 Å². The molecule has 22 heavy (non-hydrogen) atoms. The Morgan fingerprint density at radius 2 is 1.86 bits per heavy atom. The Hall–Kier alpha value is -2.62. The molecule has 1 atom stereocenters. The van der Waals surface area contributed by atoms with Gasteiger partial charge in [0, 0.05) is 0 Å². The number of benzene rings is 2. The number of aromatic carboxylic acids is 1. The molecule has 1 N–H and O–H groups in total. The average molecular weight is 296 g/mol. The molecule has 1 unspecified atom stereocenters. The van der Waals surface area contributed by atoms with Crippen LogP contribution in [-0.2, 0) is 0 Å². The molecule has 0 fully saturated rings. The summed E-state index contributed by atoms with van der Waals surface area (Å²) in [6, 6.07) is 10.3. The number of hydrogen-bond acceptors (Lipinski definition) is 3. The van der Waals surface area contributed by atoms with Gasteiger partial charge in [-0.15, -0.1) is 0 Å². The molecule has 3 rings (SSSR count). The van der Waals surface area contributed by atoms with E-state index in [2.05, 4.69) is 0 Å². The van der Waals surface area contributed by atoms with Crippen LogP contribution in [0, 0.1) is 13.8 Å². The topological polar surface area (TPSA) is 63.6 Å². The zero-order valence-electron chi connectivity index (χ0n) is 12.4. The molecule has 4 heteroatoms. The number of fused-ring (bicyclic) bond motifs is 1. The molecule has 0 aromatic heterocycles. The first kappa shape index (κ1) is 14.3. The van der Waals surface area contributed by atoms with Crippen molar-refractivity contribution < 1.29 is 19.4 Å². The van der Waals surface area contributed by atoms with Crippen LogP contribution in [0.1, 0.15) is 49.9 Å². The van der Waals surface area contributed by atoms with Gasteiger partial charge in [-0.2, -0.15) is 0 Å². The summed E-state index contributed by atoms with van der Waals surface area (Å²) in [5.74, 6) is -0.295. The van der Waals surface area contributed by atoms with Crippen LogP contribution in [0.15, 0.2) is 36.4 Å². The molecule has 0 bridgehead atoms. The van der Waals surface area contributed by atoms with Gasteiger partial charge in [-0.3, -0.25) is 4.79 Å². The Labute approximate surface area is 128 Å². The van der Waals surface area contributed by atoms with E-state index >= 15 is 0 Å². The van der Waals surface area contributed by atoms with Gasteiger partial charge in [-0.25, -0.2) is 4.79 Å². The lowest BCUT2D eigenvalue weighted by Crippen LogP contribution is -2.21. The number of ether oxygens (including phenoxy) is 1. The molecule has 0 saturated carbocycles. The van der Waals surface area contributed by atoms with E-state index in [1.165, 1.54) is 12.1 Å². The molecule has 0 radical (unpaired) electrons. The summed E-state index contributed by atoms with van der Waals surface area (Å²) in [5, 5.41) is 8.93. The number of carbonyl (C=O) groups is 2. The maximum absolute atomic E-state index is 12.4. The van der Waals surface area contributed by atoms with E-state index in [0.29, 0.717) is 11.3 Å². The molecule has 4 nitrogen and oxygen atoms in total. The van der Waals surface area contributed by atoms with Crippen LogP contribution < -0.4 is 4.74 Å². The van der Waals surface area contributed by atoms with E-state index in [1.54, 1.807) is 12.1 Å². The minimum Gasteiger partial charge on any atom is -0.484 e. The van der Waals surface area contributed by atoms with Crippen molar-refractivity contribution in [3.63, 3.8) is 0 Å². The summed E-state index contributed by atoms with van der Waals surface area (Å²) >= 11 is 0. The Morgan fingerprint density at radius 1 is 1.18 bits per heavy atom. The van der Waals surface area contributed by atoms with Gasteiger partial charge in [-0.1, -0.05) is 18.2 Å². The monoisotopic (exact) mass is 296 g/mol. The number of rotatable bonds is 2. The molecule has 0 spiro atoms. The lowest BCUT2D eigenvalue weighted by Gasteiger charge is -2.27. The number of hydrogen-bond donors (Lipinski definition) is 1. The highest BCUT2D eigenvalue weighted by molar-refractivity contribution is 6.01. The minimum atomic E-state index is -0.969. The van der Waals surface area contributed by atoms with Gasteiger partial charge in [0.25, 0.3) is 0 Å². The van der Waals surface area contributed by atoms with Crippen molar-refractivity contribution in [3.8, 4) is 5.75 Å². The first-order valence-corrected chi connectivity index (χ1v) is 7.10. The third kappa shape index (κ3) is 2.48. The van der Waals surface area contributed by atoms with E-state index in [4.69, 9.17) is 9.84 Å². The summed E-state index contributed by atoms with van der Waals surface area (Å²) in [4.78, 5) is 23.3. The molecule has 0 amide bonds. The fraction of sp³-hybridized carbons (Fsp3) is 0.222. The smallest absolute Gasteiger partial charge is 0.335 e. The van der Waals surface area contributed by atoms with Crippen LogP contribution in [0.2, 0.25) is 0 Å². The summed E-state index contributed by atoms with van der Waals surface area (Å²) < 4.78 is 5.98. The molecule has 1 aliphatic heterocycles. The zero-order valence-corrected chi connectivity index (χ0v) is 12.4. The van der Waals surface area contributed by atoms with Crippen LogP contribution in [0.25, 0.3) is 0 Å². The van der Waals surface area contributed by atoms with Crippen LogP contribution in [0.5, 0.6) is 5.75 Å². The van der Waals surface area contributed by atoms with Gasteiger partial charge in [0.15, 0.2) is 5.78 Å². The van der Waals surface area contributed by atoms with Crippen LogP contribution in [-0.4, -0.2) is 16.9 Å². The molecular weight excluding hydrogens is 280 g/mol. The lowest BCUT2D eigenvalue weighted by molar-refractivity contribution is 0.0695. The average Bonchev–Trinajstić information content (AvgIpc) is 2.46. The van der Waals surface area contributed by atoms with Crippen molar-refractivity contribution in [2.45, 2.75) is 26.4 Å². The first-order valence-electron chi connectivity index (χ1n) is 7.10. The Bertz CT molecular complexity index is 759. The first-order chi connectivity index (χ1) is 10.5. The predicted molar refractivity (Wildman–Crippen MR) is 81.6 cm³/mol. The van der Waals surface area contributed by atoms with E-state index in [0.717, 1.165) is 16.7 Å². The van der Waals surface area contributed by atoms with Gasteiger partial charge in [-0.05, 0) is 48.7 Å². The highest BCUT2D eigenvalue weighted by atomic mass is 16.5. The molecule has 2 aromatic rings. The van der Waals surface area contributed by atoms with Crippen LogP contribution in [0.4, 0.5) is 0 Å². The van der Waals surface area contributed by atoms with Crippen LogP contribution in [0.3, 0.4) is 0 Å². The molecule has 0 saturated heterocycles. The number of carboxylic acid groups (broad SMARTS) is 1. The summed E-state index contributed by atoms with van der Waals surface area (Å²) in [7, 11) is 0. The standard InChI is InChI=1S/C18H16O4/c1-10-7-11(2)17-14(19)9-15(22-16(17)8-10)12-3-5-13(6-4-12)18(20)21/h3-8,15H,9H2,1-2H3,(H,20,21). The van der Waals surface area contributed by atoms with Crippen molar-refractivity contribution in [1.29, 1.82) is 0 Å². The zero-order chi connectivity index (χ0) is 15.9. The number of ketones is 1. The summed E-state index contributed by atoms with van der Waals surface area (Å²) in [6.45, 7) is 3.88. The number of Topliss-reactive ketones (excluding diaryl/α,β-unsaturated/α-hetero) is 1. The lowest BCUT2D eigenvalue weighted by atomic mass is 9.92. The molecule has 112 valence electrons. The normalized spacial score (nSPS) is 16.8. The van der Waals surface area contributed by atoms with Crippen molar-refractivity contribution in [2.75, 3.05) is 0 Å². The molecule has 1 heterocycles. The third-order valence-corrected chi connectivity index (χ3v) is 3.89. The van der Waals surface area contributed by atoms with Crippen molar-refractivity contribution in [1.82, 2.24) is 0 Å². The highest BCUT2D eigenvalue weighted by Gasteiger charge is 2.29. The third-order valence-electron chi connectivity index (χ3n) is 3.89. The van der Waals surface area contributed by atoms with Crippen molar-refractivity contribution >= 4 is 11.8 Å². The fourth-order valence-corrected chi connectivity index (χ4v) is 2.87.